The lowest BCUT2D eigenvalue weighted by atomic mass is 9.84. The molecule has 2 rings (SSSR count). The van der Waals surface area contributed by atoms with E-state index in [9.17, 15) is 9.59 Å². The molecule has 0 radical (unpaired) electrons. The Bertz CT molecular complexity index is 616. The molecule has 4 nitrogen and oxygen atoms in total. The van der Waals surface area contributed by atoms with Gasteiger partial charge in [-0.1, -0.05) is 24.1 Å². The normalized spacial score (nSPS) is 23.4. The van der Waals surface area contributed by atoms with E-state index in [-0.39, 0.29) is 24.2 Å². The molecule has 2 unspecified atom stereocenters. The molecule has 0 heterocycles. The van der Waals surface area contributed by atoms with Gasteiger partial charge in [-0.25, -0.2) is 0 Å². The fourth-order valence-corrected chi connectivity index (χ4v) is 3.85. The van der Waals surface area contributed by atoms with E-state index in [1.165, 1.54) is 0 Å². The van der Waals surface area contributed by atoms with Crippen LogP contribution in [0.2, 0.25) is 0 Å². The zero-order chi connectivity index (χ0) is 17.1. The number of hydrogen-bond donors (Lipinski definition) is 2. The van der Waals surface area contributed by atoms with E-state index in [4.69, 9.17) is 16.7 Å². The van der Waals surface area contributed by atoms with Gasteiger partial charge in [-0.3, -0.25) is 9.59 Å². The summed E-state index contributed by atoms with van der Waals surface area (Å²) in [7, 11) is 1.76. The predicted octanol–water partition coefficient (Wildman–Crippen LogP) is 3.58. The minimum atomic E-state index is -0.830. The van der Waals surface area contributed by atoms with Gasteiger partial charge in [0.05, 0.1) is 6.42 Å². The summed E-state index contributed by atoms with van der Waals surface area (Å²) in [5.74, 6) is -0.586. The number of Topliss-reactive ketones (excluding diaryl/α,β-unsaturated/α-hetero) is 1. The Morgan fingerprint density at radius 1 is 1.48 bits per heavy atom. The second-order valence-corrected chi connectivity index (χ2v) is 6.97. The lowest BCUT2D eigenvalue weighted by molar-refractivity contribution is -0.137. The highest BCUT2D eigenvalue weighted by molar-refractivity contribution is 6.30. The standard InChI is InChI=1S/C18H24ClNO3/c1-10-6-14(19)7-13-5-4-12(11(2)18(23)17(10)13)8-15(20-3)9-16(21)22/h7,10,15,20H,4-6,8-9H2,1-3H3,(H,21,22). The number of ketones is 1. The SMILES string of the molecule is CNC(CC(=O)O)CC1=C(C)C(=O)C2=C(C=C(Cl)CC2C)CC1. The Labute approximate surface area is 142 Å². The first-order valence-corrected chi connectivity index (χ1v) is 8.42. The van der Waals surface area contributed by atoms with Gasteiger partial charge >= 0.3 is 5.97 Å². The molecule has 0 spiro atoms. The maximum Gasteiger partial charge on any atom is 0.304 e. The molecule has 0 saturated carbocycles. The van der Waals surface area contributed by atoms with Crippen LogP contribution in [-0.2, 0) is 9.59 Å². The molecule has 23 heavy (non-hydrogen) atoms. The highest BCUT2D eigenvalue weighted by Gasteiger charge is 2.30. The van der Waals surface area contributed by atoms with Gasteiger partial charge in [-0.15, -0.1) is 0 Å². The van der Waals surface area contributed by atoms with Crippen LogP contribution in [0.4, 0.5) is 0 Å². The zero-order valence-electron chi connectivity index (χ0n) is 13.9. The van der Waals surface area contributed by atoms with Crippen molar-refractivity contribution in [3.63, 3.8) is 0 Å². The number of carboxylic acid groups (broad SMARTS) is 1. The monoisotopic (exact) mass is 337 g/mol. The van der Waals surface area contributed by atoms with Crippen molar-refractivity contribution < 1.29 is 14.7 Å². The average Bonchev–Trinajstić information content (AvgIpc) is 2.58. The van der Waals surface area contributed by atoms with Crippen LogP contribution < -0.4 is 5.32 Å². The van der Waals surface area contributed by atoms with Crippen molar-refractivity contribution in [1.29, 1.82) is 0 Å². The molecule has 2 aliphatic rings. The second-order valence-electron chi connectivity index (χ2n) is 6.48. The van der Waals surface area contributed by atoms with Crippen LogP contribution in [0.3, 0.4) is 0 Å². The zero-order valence-corrected chi connectivity index (χ0v) is 14.7. The number of carboxylic acids is 1. The first kappa shape index (κ1) is 18.0. The lowest BCUT2D eigenvalue weighted by Crippen LogP contribution is -2.29. The van der Waals surface area contributed by atoms with Crippen molar-refractivity contribution >= 4 is 23.4 Å². The fourth-order valence-electron chi connectivity index (χ4n) is 3.49. The molecule has 2 atom stereocenters. The summed E-state index contributed by atoms with van der Waals surface area (Å²) < 4.78 is 0. The third kappa shape index (κ3) is 4.12. The highest BCUT2D eigenvalue weighted by Crippen LogP contribution is 2.39. The van der Waals surface area contributed by atoms with Crippen LogP contribution in [0.15, 0.2) is 33.4 Å². The molecular weight excluding hydrogens is 314 g/mol. The Morgan fingerprint density at radius 3 is 2.78 bits per heavy atom. The maximum atomic E-state index is 12.9. The smallest absolute Gasteiger partial charge is 0.304 e. The molecule has 2 aliphatic carbocycles. The summed E-state index contributed by atoms with van der Waals surface area (Å²) in [5, 5.41) is 12.8. The van der Waals surface area contributed by atoms with E-state index in [0.717, 1.165) is 40.2 Å². The molecule has 2 N–H and O–H groups in total. The Hall–Kier alpha value is -1.39. The number of hydrogen-bond acceptors (Lipinski definition) is 3. The molecule has 0 saturated heterocycles. The van der Waals surface area contributed by atoms with E-state index in [1.807, 2.05) is 19.9 Å². The van der Waals surface area contributed by atoms with Crippen LogP contribution in [0.5, 0.6) is 0 Å². The summed E-state index contributed by atoms with van der Waals surface area (Å²) >= 11 is 6.20. The van der Waals surface area contributed by atoms with Gasteiger partial charge in [0.15, 0.2) is 5.78 Å². The third-order valence-corrected chi connectivity index (χ3v) is 5.07. The maximum absolute atomic E-state index is 12.9. The Morgan fingerprint density at radius 2 is 2.17 bits per heavy atom. The summed E-state index contributed by atoms with van der Waals surface area (Å²) in [5.41, 5.74) is 3.77. The van der Waals surface area contributed by atoms with Crippen LogP contribution in [0.25, 0.3) is 0 Å². The van der Waals surface area contributed by atoms with Crippen molar-refractivity contribution in [3.05, 3.63) is 33.4 Å². The topological polar surface area (TPSA) is 66.4 Å². The molecular formula is C18H24ClNO3. The van der Waals surface area contributed by atoms with Gasteiger partial charge in [0.25, 0.3) is 0 Å². The molecule has 0 aromatic heterocycles. The van der Waals surface area contributed by atoms with Crippen molar-refractivity contribution in [2.24, 2.45) is 5.92 Å². The summed E-state index contributed by atoms with van der Waals surface area (Å²) in [6, 6.07) is -0.156. The number of allylic oxidation sites excluding steroid dienone is 5. The van der Waals surface area contributed by atoms with Crippen molar-refractivity contribution in [2.45, 2.75) is 52.0 Å². The minimum absolute atomic E-state index is 0.0523. The van der Waals surface area contributed by atoms with Gasteiger partial charge in [0.2, 0.25) is 0 Å². The first-order valence-electron chi connectivity index (χ1n) is 8.05. The van der Waals surface area contributed by atoms with Crippen LogP contribution in [0.1, 0.15) is 46.0 Å². The van der Waals surface area contributed by atoms with E-state index in [2.05, 4.69) is 5.32 Å². The number of nitrogens with one attached hydrogen (secondary N) is 1. The van der Waals surface area contributed by atoms with Gasteiger partial charge in [-0.2, -0.15) is 0 Å². The van der Waals surface area contributed by atoms with Crippen LogP contribution in [0, 0.1) is 5.92 Å². The number of carbonyl (C=O) groups is 2. The van der Waals surface area contributed by atoms with Crippen LogP contribution >= 0.6 is 11.6 Å². The largest absolute Gasteiger partial charge is 0.481 e. The molecule has 126 valence electrons. The van der Waals surface area contributed by atoms with E-state index in [1.54, 1.807) is 7.05 Å². The second kappa shape index (κ2) is 7.45. The number of carbonyl (C=O) groups excluding carboxylic acids is 1. The Balaban J connectivity index is 2.26. The number of rotatable bonds is 5. The molecule has 0 amide bonds. The van der Waals surface area contributed by atoms with Gasteiger partial charge in [0, 0.05) is 16.6 Å². The molecule has 0 fully saturated rings. The lowest BCUT2D eigenvalue weighted by Gasteiger charge is -2.22. The highest BCUT2D eigenvalue weighted by atomic mass is 35.5. The van der Waals surface area contributed by atoms with Crippen molar-refractivity contribution in [3.8, 4) is 0 Å². The molecule has 0 aromatic rings. The molecule has 0 bridgehead atoms. The van der Waals surface area contributed by atoms with Gasteiger partial charge < -0.3 is 10.4 Å². The first-order chi connectivity index (χ1) is 10.8. The number of aliphatic carboxylic acids is 1. The Kier molecular flexibility index (Phi) is 5.82. The minimum Gasteiger partial charge on any atom is -0.481 e. The average molecular weight is 338 g/mol. The molecule has 5 heteroatoms. The van der Waals surface area contributed by atoms with E-state index < -0.39 is 5.97 Å². The summed E-state index contributed by atoms with van der Waals surface area (Å²) in [6.07, 6.45) is 4.87. The summed E-state index contributed by atoms with van der Waals surface area (Å²) in [6.45, 7) is 3.91. The third-order valence-electron chi connectivity index (χ3n) is 4.80. The van der Waals surface area contributed by atoms with Crippen LogP contribution in [-0.4, -0.2) is 29.9 Å². The van der Waals surface area contributed by atoms with E-state index in [0.29, 0.717) is 12.8 Å². The van der Waals surface area contributed by atoms with Crippen molar-refractivity contribution in [2.75, 3.05) is 7.05 Å². The predicted molar refractivity (Wildman–Crippen MR) is 91.4 cm³/mol. The van der Waals surface area contributed by atoms with Gasteiger partial charge in [-0.05, 0) is 62.8 Å². The van der Waals surface area contributed by atoms with E-state index >= 15 is 0 Å². The quantitative estimate of drug-likeness (QED) is 0.804. The molecule has 0 aromatic carbocycles. The van der Waals surface area contributed by atoms with Crippen molar-refractivity contribution in [1.82, 2.24) is 5.32 Å². The molecule has 0 aliphatic heterocycles. The number of halogens is 1. The fraction of sp³-hybridized carbons (Fsp3) is 0.556. The summed E-state index contributed by atoms with van der Waals surface area (Å²) in [4.78, 5) is 23.8. The van der Waals surface area contributed by atoms with Gasteiger partial charge in [0.1, 0.15) is 0 Å².